The van der Waals surface area contributed by atoms with Crippen LogP contribution in [0.4, 0.5) is 4.79 Å². The van der Waals surface area contributed by atoms with Gasteiger partial charge in [-0.25, -0.2) is 13.2 Å². The molecule has 0 aliphatic carbocycles. The van der Waals surface area contributed by atoms with Gasteiger partial charge in [0, 0.05) is 19.6 Å². The standard InChI is InChI=1S/C12H21N3O4S/c1-15(9-5-7-20(18,19)8-9)12(17)14-10-4-2-3-6-13-11(10)16/h9-10H,2-8H2,1H3,(H,13,16)(H,14,17)/t9-,10+/m1/s1. The number of hydrogen-bond acceptors (Lipinski definition) is 4. The second-order valence-corrected chi connectivity index (χ2v) is 7.69. The van der Waals surface area contributed by atoms with E-state index < -0.39 is 15.9 Å². The van der Waals surface area contributed by atoms with Crippen molar-refractivity contribution in [3.8, 4) is 0 Å². The van der Waals surface area contributed by atoms with Gasteiger partial charge in [0.1, 0.15) is 6.04 Å². The molecule has 0 radical (unpaired) electrons. The van der Waals surface area contributed by atoms with Crippen LogP contribution in [0.5, 0.6) is 0 Å². The third-order valence-electron chi connectivity index (χ3n) is 3.91. The highest BCUT2D eigenvalue weighted by Crippen LogP contribution is 2.17. The Hall–Kier alpha value is -1.31. The molecule has 2 N–H and O–H groups in total. The van der Waals surface area contributed by atoms with E-state index >= 15 is 0 Å². The maximum Gasteiger partial charge on any atom is 0.318 e. The molecule has 2 rings (SSSR count). The molecule has 2 fully saturated rings. The van der Waals surface area contributed by atoms with Crippen LogP contribution in [-0.2, 0) is 14.6 Å². The number of sulfone groups is 1. The first-order valence-electron chi connectivity index (χ1n) is 6.90. The lowest BCUT2D eigenvalue weighted by molar-refractivity contribution is -0.122. The van der Waals surface area contributed by atoms with Gasteiger partial charge in [-0.1, -0.05) is 0 Å². The van der Waals surface area contributed by atoms with Crippen LogP contribution in [0.15, 0.2) is 0 Å². The molecular weight excluding hydrogens is 282 g/mol. The van der Waals surface area contributed by atoms with E-state index in [1.165, 1.54) is 4.90 Å². The Labute approximate surface area is 119 Å². The smallest absolute Gasteiger partial charge is 0.318 e. The zero-order valence-corrected chi connectivity index (χ0v) is 12.4. The van der Waals surface area contributed by atoms with Crippen molar-refractivity contribution in [1.29, 1.82) is 0 Å². The van der Waals surface area contributed by atoms with E-state index in [9.17, 15) is 18.0 Å². The molecule has 3 amide bonds. The van der Waals surface area contributed by atoms with Gasteiger partial charge in [0.15, 0.2) is 9.84 Å². The number of carbonyl (C=O) groups is 2. The quantitative estimate of drug-likeness (QED) is 0.718. The summed E-state index contributed by atoms with van der Waals surface area (Å²) in [4.78, 5) is 25.3. The molecule has 2 atom stereocenters. The minimum Gasteiger partial charge on any atom is -0.354 e. The number of urea groups is 1. The van der Waals surface area contributed by atoms with Gasteiger partial charge in [0.25, 0.3) is 0 Å². The molecule has 0 saturated carbocycles. The third-order valence-corrected chi connectivity index (χ3v) is 5.66. The molecule has 0 aromatic carbocycles. The van der Waals surface area contributed by atoms with E-state index in [1.807, 2.05) is 0 Å². The highest BCUT2D eigenvalue weighted by molar-refractivity contribution is 7.91. The van der Waals surface area contributed by atoms with E-state index in [-0.39, 0.29) is 29.5 Å². The fourth-order valence-electron chi connectivity index (χ4n) is 2.57. The van der Waals surface area contributed by atoms with Crippen molar-refractivity contribution in [1.82, 2.24) is 15.5 Å². The largest absolute Gasteiger partial charge is 0.354 e. The molecule has 0 bridgehead atoms. The number of nitrogens with zero attached hydrogens (tertiary/aromatic N) is 1. The van der Waals surface area contributed by atoms with Gasteiger partial charge in [0.2, 0.25) is 5.91 Å². The summed E-state index contributed by atoms with van der Waals surface area (Å²) in [5, 5.41) is 5.45. The van der Waals surface area contributed by atoms with Crippen molar-refractivity contribution < 1.29 is 18.0 Å². The first kappa shape index (κ1) is 15.1. The average Bonchev–Trinajstić information content (AvgIpc) is 2.63. The number of amides is 3. The Balaban J connectivity index is 1.92. The molecule has 2 heterocycles. The van der Waals surface area contributed by atoms with Crippen molar-refractivity contribution in [2.24, 2.45) is 0 Å². The lowest BCUT2D eigenvalue weighted by Gasteiger charge is -2.26. The molecule has 0 spiro atoms. The van der Waals surface area contributed by atoms with Crippen molar-refractivity contribution in [3.63, 3.8) is 0 Å². The van der Waals surface area contributed by atoms with Crippen LogP contribution in [0, 0.1) is 0 Å². The number of hydrogen-bond donors (Lipinski definition) is 2. The maximum absolute atomic E-state index is 12.1. The highest BCUT2D eigenvalue weighted by atomic mass is 32.2. The number of carbonyl (C=O) groups excluding carboxylic acids is 2. The lowest BCUT2D eigenvalue weighted by Crippen LogP contribution is -2.52. The van der Waals surface area contributed by atoms with Crippen LogP contribution < -0.4 is 10.6 Å². The van der Waals surface area contributed by atoms with Crippen LogP contribution in [0.3, 0.4) is 0 Å². The van der Waals surface area contributed by atoms with Crippen molar-refractivity contribution >= 4 is 21.8 Å². The third kappa shape index (κ3) is 3.62. The fourth-order valence-corrected chi connectivity index (χ4v) is 4.35. The normalized spacial score (nSPS) is 29.4. The van der Waals surface area contributed by atoms with Crippen LogP contribution in [0.2, 0.25) is 0 Å². The van der Waals surface area contributed by atoms with E-state index in [4.69, 9.17) is 0 Å². The second kappa shape index (κ2) is 5.99. The lowest BCUT2D eigenvalue weighted by atomic mass is 10.1. The van der Waals surface area contributed by atoms with E-state index in [2.05, 4.69) is 10.6 Å². The van der Waals surface area contributed by atoms with Gasteiger partial charge in [-0.15, -0.1) is 0 Å². The molecule has 2 aliphatic rings. The van der Waals surface area contributed by atoms with E-state index in [1.54, 1.807) is 7.05 Å². The van der Waals surface area contributed by atoms with Crippen LogP contribution >= 0.6 is 0 Å². The van der Waals surface area contributed by atoms with Gasteiger partial charge < -0.3 is 15.5 Å². The van der Waals surface area contributed by atoms with Crippen molar-refractivity contribution in [3.05, 3.63) is 0 Å². The average molecular weight is 303 g/mol. The van der Waals surface area contributed by atoms with Crippen LogP contribution in [-0.4, -0.2) is 62.4 Å². The predicted octanol–water partition coefficient (Wildman–Crippen LogP) is -0.516. The molecule has 0 aromatic heterocycles. The summed E-state index contributed by atoms with van der Waals surface area (Å²) >= 11 is 0. The highest BCUT2D eigenvalue weighted by Gasteiger charge is 2.34. The molecule has 114 valence electrons. The van der Waals surface area contributed by atoms with Gasteiger partial charge >= 0.3 is 6.03 Å². The maximum atomic E-state index is 12.1. The minimum absolute atomic E-state index is 0.00772. The molecule has 2 aliphatic heterocycles. The van der Waals surface area contributed by atoms with Gasteiger partial charge in [-0.05, 0) is 25.7 Å². The molecule has 0 aromatic rings. The molecule has 7 nitrogen and oxygen atoms in total. The first-order chi connectivity index (χ1) is 9.39. The summed E-state index contributed by atoms with van der Waals surface area (Å²) in [6, 6.07) is -1.20. The molecular formula is C12H21N3O4S. The summed E-state index contributed by atoms with van der Waals surface area (Å²) in [5.74, 6) is -0.0317. The predicted molar refractivity (Wildman–Crippen MR) is 74.0 cm³/mol. The summed E-state index contributed by atoms with van der Waals surface area (Å²) < 4.78 is 22.9. The van der Waals surface area contributed by atoms with E-state index in [0.717, 1.165) is 12.8 Å². The summed E-state index contributed by atoms with van der Waals surface area (Å²) in [7, 11) is -1.45. The molecule has 0 unspecified atom stereocenters. The SMILES string of the molecule is CN(C(=O)N[C@H]1CCCCNC1=O)[C@@H]1CCS(=O)(=O)C1. The minimum atomic E-state index is -3.02. The monoisotopic (exact) mass is 303 g/mol. The summed E-state index contributed by atoms with van der Waals surface area (Å²) in [6.07, 6.45) is 2.87. The molecule has 8 heteroatoms. The number of rotatable bonds is 2. The Morgan fingerprint density at radius 3 is 2.75 bits per heavy atom. The summed E-state index contributed by atoms with van der Waals surface area (Å²) in [5.41, 5.74) is 0. The topological polar surface area (TPSA) is 95.6 Å². The van der Waals surface area contributed by atoms with E-state index in [0.29, 0.717) is 19.4 Å². The zero-order chi connectivity index (χ0) is 14.8. The molecule has 2 saturated heterocycles. The van der Waals surface area contributed by atoms with Gasteiger partial charge in [-0.3, -0.25) is 4.79 Å². The van der Waals surface area contributed by atoms with Crippen molar-refractivity contribution in [2.75, 3.05) is 25.1 Å². The Morgan fingerprint density at radius 1 is 1.35 bits per heavy atom. The number of nitrogens with one attached hydrogen (secondary N) is 2. The Kier molecular flexibility index (Phi) is 4.52. The second-order valence-electron chi connectivity index (χ2n) is 5.46. The van der Waals surface area contributed by atoms with Gasteiger partial charge in [0.05, 0.1) is 11.5 Å². The van der Waals surface area contributed by atoms with Crippen LogP contribution in [0.25, 0.3) is 0 Å². The summed E-state index contributed by atoms with van der Waals surface area (Å²) in [6.45, 7) is 0.641. The zero-order valence-electron chi connectivity index (χ0n) is 11.6. The molecule has 20 heavy (non-hydrogen) atoms. The van der Waals surface area contributed by atoms with Crippen LogP contribution in [0.1, 0.15) is 25.7 Å². The first-order valence-corrected chi connectivity index (χ1v) is 8.72. The Morgan fingerprint density at radius 2 is 2.10 bits per heavy atom. The van der Waals surface area contributed by atoms with Crippen molar-refractivity contribution in [2.45, 2.75) is 37.8 Å². The Bertz CT molecular complexity index is 491. The fraction of sp³-hybridized carbons (Fsp3) is 0.833. The van der Waals surface area contributed by atoms with Gasteiger partial charge in [-0.2, -0.15) is 0 Å².